The fraction of sp³-hybridized carbons (Fsp3) is 0.345. The van der Waals surface area contributed by atoms with Gasteiger partial charge in [0.05, 0.1) is 0 Å². The zero-order chi connectivity index (χ0) is 25.2. The van der Waals surface area contributed by atoms with Gasteiger partial charge in [0.1, 0.15) is 12.7 Å². The molecule has 8 heteroatoms. The lowest BCUT2D eigenvalue weighted by Gasteiger charge is -2.20. The Labute approximate surface area is 217 Å². The normalized spacial score (nSPS) is 17.4. The molecule has 2 aromatic heterocycles. The van der Waals surface area contributed by atoms with E-state index in [0.29, 0.717) is 5.92 Å². The van der Waals surface area contributed by atoms with Crippen LogP contribution in [0.3, 0.4) is 0 Å². The Morgan fingerprint density at radius 3 is 2.68 bits per heavy atom. The maximum Gasteiger partial charge on any atom is 0.221 e. The van der Waals surface area contributed by atoms with Crippen molar-refractivity contribution in [3.63, 3.8) is 0 Å². The summed E-state index contributed by atoms with van der Waals surface area (Å²) in [4.78, 5) is 19.7. The molecule has 0 spiro atoms. The van der Waals surface area contributed by atoms with Crippen molar-refractivity contribution in [2.24, 2.45) is 5.92 Å². The average Bonchev–Trinajstić information content (AvgIpc) is 3.68. The Morgan fingerprint density at radius 1 is 1.05 bits per heavy atom. The molecule has 1 fully saturated rings. The minimum absolute atomic E-state index is 0.0326. The molecule has 37 heavy (non-hydrogen) atoms. The molecule has 0 radical (unpaired) electrons. The molecule has 1 saturated heterocycles. The van der Waals surface area contributed by atoms with E-state index in [0.717, 1.165) is 63.4 Å². The van der Waals surface area contributed by atoms with Crippen LogP contribution in [0.25, 0.3) is 16.6 Å². The number of amides is 1. The van der Waals surface area contributed by atoms with E-state index in [4.69, 9.17) is 0 Å². The summed E-state index contributed by atoms with van der Waals surface area (Å²) in [6.45, 7) is 7.08. The van der Waals surface area contributed by atoms with Crippen LogP contribution in [-0.4, -0.2) is 68.2 Å². The number of carbonyl (C=O) groups is 1. The first kappa shape index (κ1) is 23.5. The zero-order valence-electron chi connectivity index (χ0n) is 21.2. The largest absolute Gasteiger partial charge is 0.377 e. The molecule has 2 aliphatic heterocycles. The Balaban J connectivity index is 0.979. The highest BCUT2D eigenvalue weighted by molar-refractivity contribution is 5.88. The number of nitrogens with one attached hydrogen (secondary N) is 2. The summed E-state index contributed by atoms with van der Waals surface area (Å²) in [5, 5.41) is 12.0. The molecule has 1 atom stereocenters. The maximum absolute atomic E-state index is 11.2. The van der Waals surface area contributed by atoms with Gasteiger partial charge in [0, 0.05) is 74.0 Å². The van der Waals surface area contributed by atoms with Gasteiger partial charge in [-0.3, -0.25) is 14.3 Å². The van der Waals surface area contributed by atoms with E-state index in [2.05, 4.69) is 73.0 Å². The van der Waals surface area contributed by atoms with Crippen LogP contribution in [0.4, 0.5) is 5.69 Å². The first-order valence-corrected chi connectivity index (χ1v) is 13.1. The van der Waals surface area contributed by atoms with Crippen molar-refractivity contribution < 1.29 is 4.79 Å². The van der Waals surface area contributed by atoms with E-state index in [-0.39, 0.29) is 5.91 Å². The third-order valence-corrected chi connectivity index (χ3v) is 7.56. The van der Waals surface area contributed by atoms with Crippen LogP contribution in [0.1, 0.15) is 24.5 Å². The van der Waals surface area contributed by atoms with Crippen LogP contribution in [0.2, 0.25) is 0 Å². The van der Waals surface area contributed by atoms with E-state index in [1.807, 2.05) is 16.7 Å². The molecule has 0 aliphatic carbocycles. The summed E-state index contributed by atoms with van der Waals surface area (Å²) < 4.78 is 1.94. The monoisotopic (exact) mass is 495 g/mol. The average molecular weight is 496 g/mol. The van der Waals surface area contributed by atoms with Crippen LogP contribution in [0.5, 0.6) is 0 Å². The SMILES string of the molecule is CC(=O)Nc1ccc(CCN2CC3=CN(CCCc4c[nH]c5ccc(-n6cnnc6)cc45)CC3C2)cc1. The summed E-state index contributed by atoms with van der Waals surface area (Å²) in [6, 6.07) is 14.7. The molecule has 2 aromatic carbocycles. The second-order valence-electron chi connectivity index (χ2n) is 10.3. The Morgan fingerprint density at radius 2 is 1.89 bits per heavy atom. The van der Waals surface area contributed by atoms with Crippen molar-refractivity contribution >= 4 is 22.5 Å². The third-order valence-electron chi connectivity index (χ3n) is 7.56. The van der Waals surface area contributed by atoms with Gasteiger partial charge >= 0.3 is 0 Å². The molecular formula is C29H33N7O. The van der Waals surface area contributed by atoms with Crippen LogP contribution in [0.15, 0.2) is 73.1 Å². The van der Waals surface area contributed by atoms with Gasteiger partial charge in [-0.25, -0.2) is 0 Å². The Bertz CT molecular complexity index is 1400. The molecule has 4 aromatic rings. The molecule has 6 rings (SSSR count). The summed E-state index contributed by atoms with van der Waals surface area (Å²) in [5.41, 5.74) is 7.39. The molecule has 8 nitrogen and oxygen atoms in total. The lowest BCUT2D eigenvalue weighted by atomic mass is 10.1. The van der Waals surface area contributed by atoms with Crippen LogP contribution < -0.4 is 5.32 Å². The number of aryl methyl sites for hydroxylation is 1. The molecule has 2 aliphatic rings. The second kappa shape index (κ2) is 10.2. The van der Waals surface area contributed by atoms with Crippen molar-refractivity contribution in [1.82, 2.24) is 29.5 Å². The molecule has 0 bridgehead atoms. The fourth-order valence-corrected chi connectivity index (χ4v) is 5.68. The summed E-state index contributed by atoms with van der Waals surface area (Å²) in [7, 11) is 0. The minimum atomic E-state index is -0.0326. The molecule has 1 amide bonds. The predicted molar refractivity (Wildman–Crippen MR) is 146 cm³/mol. The number of aromatic nitrogens is 4. The van der Waals surface area contributed by atoms with Gasteiger partial charge in [-0.1, -0.05) is 12.1 Å². The Hall–Kier alpha value is -3.91. The lowest BCUT2D eigenvalue weighted by molar-refractivity contribution is -0.114. The van der Waals surface area contributed by atoms with Gasteiger partial charge in [-0.15, -0.1) is 10.2 Å². The number of fused-ring (bicyclic) bond motifs is 2. The summed E-state index contributed by atoms with van der Waals surface area (Å²) >= 11 is 0. The Kier molecular flexibility index (Phi) is 6.49. The molecular weight excluding hydrogens is 462 g/mol. The number of aromatic amines is 1. The van der Waals surface area contributed by atoms with Gasteiger partial charge < -0.3 is 15.2 Å². The molecule has 2 N–H and O–H groups in total. The quantitative estimate of drug-likeness (QED) is 0.367. The molecule has 1 unspecified atom stereocenters. The smallest absolute Gasteiger partial charge is 0.221 e. The van der Waals surface area contributed by atoms with Crippen LogP contribution in [0, 0.1) is 5.92 Å². The zero-order valence-corrected chi connectivity index (χ0v) is 21.2. The number of anilines is 1. The number of hydrogen-bond acceptors (Lipinski definition) is 5. The van der Waals surface area contributed by atoms with E-state index in [1.54, 1.807) is 18.2 Å². The standard InChI is InChI=1S/C29H33N7O/c1-21(37)33-26-6-4-22(5-7-26)10-12-35-17-24-15-34(16-25(24)18-35)11-2-3-23-14-30-29-9-8-27(13-28(23)29)36-19-31-32-20-36/h4-9,13-15,19-20,25,30H,2-3,10-12,16-18H2,1H3,(H,33,37). The van der Waals surface area contributed by atoms with Crippen molar-refractivity contribution in [1.29, 1.82) is 0 Å². The number of H-pyrrole nitrogens is 1. The highest BCUT2D eigenvalue weighted by Crippen LogP contribution is 2.30. The van der Waals surface area contributed by atoms with Crippen LogP contribution in [-0.2, 0) is 17.6 Å². The topological polar surface area (TPSA) is 82.1 Å². The van der Waals surface area contributed by atoms with Crippen molar-refractivity contribution in [2.45, 2.75) is 26.2 Å². The number of rotatable bonds is 9. The highest BCUT2D eigenvalue weighted by Gasteiger charge is 2.32. The maximum atomic E-state index is 11.2. The summed E-state index contributed by atoms with van der Waals surface area (Å²) in [5.74, 6) is 0.636. The predicted octanol–water partition coefficient (Wildman–Crippen LogP) is 4.01. The van der Waals surface area contributed by atoms with Gasteiger partial charge in [-0.2, -0.15) is 0 Å². The van der Waals surface area contributed by atoms with Crippen molar-refractivity contribution in [3.8, 4) is 5.69 Å². The van der Waals surface area contributed by atoms with Gasteiger partial charge in [0.25, 0.3) is 0 Å². The molecule has 4 heterocycles. The first-order valence-electron chi connectivity index (χ1n) is 13.1. The minimum Gasteiger partial charge on any atom is -0.377 e. The molecule has 0 saturated carbocycles. The number of likely N-dealkylation sites (tertiary alicyclic amines) is 1. The van der Waals surface area contributed by atoms with E-state index >= 15 is 0 Å². The second-order valence-corrected chi connectivity index (χ2v) is 10.3. The van der Waals surface area contributed by atoms with E-state index in [1.165, 1.54) is 29.0 Å². The summed E-state index contributed by atoms with van der Waals surface area (Å²) in [6.07, 6.45) is 11.3. The number of hydrogen-bond donors (Lipinski definition) is 2. The van der Waals surface area contributed by atoms with E-state index < -0.39 is 0 Å². The molecule has 190 valence electrons. The number of nitrogens with zero attached hydrogens (tertiary/aromatic N) is 5. The highest BCUT2D eigenvalue weighted by atomic mass is 16.1. The van der Waals surface area contributed by atoms with Gasteiger partial charge in [0.2, 0.25) is 5.91 Å². The lowest BCUT2D eigenvalue weighted by Crippen LogP contribution is -2.28. The first-order chi connectivity index (χ1) is 18.1. The number of benzene rings is 2. The van der Waals surface area contributed by atoms with Gasteiger partial charge in [-0.05, 0) is 72.5 Å². The van der Waals surface area contributed by atoms with E-state index in [9.17, 15) is 4.79 Å². The van der Waals surface area contributed by atoms with Crippen LogP contribution >= 0.6 is 0 Å². The number of carbonyl (C=O) groups excluding carboxylic acids is 1. The van der Waals surface area contributed by atoms with Crippen molar-refractivity contribution in [2.75, 3.05) is 38.0 Å². The van der Waals surface area contributed by atoms with Gasteiger partial charge in [0.15, 0.2) is 0 Å². The fourth-order valence-electron chi connectivity index (χ4n) is 5.68. The third kappa shape index (κ3) is 5.29. The van der Waals surface area contributed by atoms with Crippen molar-refractivity contribution in [3.05, 3.63) is 84.2 Å².